The molecule has 0 aliphatic heterocycles. The van der Waals surface area contributed by atoms with Crippen LogP contribution in [0.3, 0.4) is 0 Å². The van der Waals surface area contributed by atoms with E-state index in [2.05, 4.69) is 0 Å². The number of ether oxygens (including phenoxy) is 1. The average molecular weight is 282 g/mol. The van der Waals surface area contributed by atoms with E-state index in [0.29, 0.717) is 0 Å². The molecule has 2 rings (SSSR count). The van der Waals surface area contributed by atoms with Crippen LogP contribution < -0.4 is 0 Å². The summed E-state index contributed by atoms with van der Waals surface area (Å²) in [6, 6.07) is 2.78. The van der Waals surface area contributed by atoms with Crippen molar-refractivity contribution in [2.24, 2.45) is 5.92 Å². The molecule has 1 unspecified atom stereocenters. The Balaban J connectivity index is 2.26. The molecule has 0 N–H and O–H groups in total. The number of hydrogen-bond acceptors (Lipinski definition) is 2. The third-order valence-corrected chi connectivity index (χ3v) is 4.13. The first-order valence-corrected chi connectivity index (χ1v) is 7.08. The van der Waals surface area contributed by atoms with Crippen molar-refractivity contribution in [3.8, 4) is 0 Å². The van der Waals surface area contributed by atoms with E-state index in [1.807, 2.05) is 0 Å². The summed E-state index contributed by atoms with van der Waals surface area (Å²) in [5.74, 6) is -2.36. The molecule has 0 aromatic heterocycles. The number of Topliss-reactive ketones (excluding diaryl/α,β-unsaturated/α-hetero) is 1. The van der Waals surface area contributed by atoms with Gasteiger partial charge in [-0.25, -0.2) is 8.78 Å². The van der Waals surface area contributed by atoms with Crippen molar-refractivity contribution < 1.29 is 18.3 Å². The van der Waals surface area contributed by atoms with Crippen molar-refractivity contribution in [3.05, 3.63) is 34.9 Å². The van der Waals surface area contributed by atoms with Crippen LogP contribution in [0.1, 0.15) is 48.0 Å². The van der Waals surface area contributed by atoms with Crippen molar-refractivity contribution >= 4 is 5.78 Å². The van der Waals surface area contributed by atoms with E-state index in [4.69, 9.17) is 4.74 Å². The Bertz CT molecular complexity index is 493. The van der Waals surface area contributed by atoms with Crippen molar-refractivity contribution in [2.45, 2.75) is 45.1 Å². The van der Waals surface area contributed by atoms with Crippen LogP contribution in [0, 0.1) is 24.5 Å². The maximum atomic E-state index is 13.9. The molecular formula is C16H20F2O2. The van der Waals surface area contributed by atoms with Crippen molar-refractivity contribution in [1.82, 2.24) is 0 Å². The molecular weight excluding hydrogens is 262 g/mol. The predicted molar refractivity (Wildman–Crippen MR) is 72.8 cm³/mol. The van der Waals surface area contributed by atoms with Crippen LogP contribution in [0.15, 0.2) is 12.1 Å². The van der Waals surface area contributed by atoms with E-state index < -0.39 is 23.5 Å². The fourth-order valence-electron chi connectivity index (χ4n) is 2.94. The zero-order valence-electron chi connectivity index (χ0n) is 11.9. The van der Waals surface area contributed by atoms with Crippen molar-refractivity contribution in [1.29, 1.82) is 0 Å². The SMILES string of the molecule is COC(C(=O)c1ccc(C)c(F)c1F)C1CCCCC1. The third-order valence-electron chi connectivity index (χ3n) is 4.13. The first kappa shape index (κ1) is 15.1. The molecule has 20 heavy (non-hydrogen) atoms. The second kappa shape index (κ2) is 6.44. The van der Waals surface area contributed by atoms with E-state index in [1.54, 1.807) is 0 Å². The lowest BCUT2D eigenvalue weighted by molar-refractivity contribution is 0.0310. The smallest absolute Gasteiger partial charge is 0.194 e. The van der Waals surface area contributed by atoms with Crippen LogP contribution in [-0.4, -0.2) is 19.0 Å². The minimum absolute atomic E-state index is 0.102. The molecule has 1 aliphatic carbocycles. The minimum atomic E-state index is -1.06. The van der Waals surface area contributed by atoms with Crippen LogP contribution in [0.5, 0.6) is 0 Å². The van der Waals surface area contributed by atoms with Gasteiger partial charge < -0.3 is 4.74 Å². The molecule has 1 aromatic carbocycles. The molecule has 1 aliphatic rings. The monoisotopic (exact) mass is 282 g/mol. The first-order valence-electron chi connectivity index (χ1n) is 7.08. The van der Waals surface area contributed by atoms with Gasteiger partial charge in [0.2, 0.25) is 0 Å². The largest absolute Gasteiger partial charge is 0.373 e. The summed E-state index contributed by atoms with van der Waals surface area (Å²) in [6.45, 7) is 1.47. The highest BCUT2D eigenvalue weighted by molar-refractivity contribution is 6.00. The standard InChI is InChI=1S/C16H20F2O2/c1-10-8-9-12(14(18)13(10)17)15(19)16(20-2)11-6-4-3-5-7-11/h8-9,11,16H,3-7H2,1-2H3. The van der Waals surface area contributed by atoms with Gasteiger partial charge in [0.25, 0.3) is 0 Å². The number of benzene rings is 1. The van der Waals surface area contributed by atoms with Gasteiger partial charge in [-0.15, -0.1) is 0 Å². The normalized spacial score (nSPS) is 18.0. The van der Waals surface area contributed by atoms with Crippen LogP contribution in [0.2, 0.25) is 0 Å². The summed E-state index contributed by atoms with van der Waals surface area (Å²) in [7, 11) is 1.46. The Morgan fingerprint density at radius 1 is 1.20 bits per heavy atom. The number of hydrogen-bond donors (Lipinski definition) is 0. The molecule has 1 atom stereocenters. The molecule has 0 amide bonds. The number of ketones is 1. The molecule has 0 bridgehead atoms. The molecule has 1 aromatic rings. The zero-order chi connectivity index (χ0) is 14.7. The zero-order valence-corrected chi connectivity index (χ0v) is 11.9. The van der Waals surface area contributed by atoms with Gasteiger partial charge in [-0.05, 0) is 37.3 Å². The number of halogens is 2. The van der Waals surface area contributed by atoms with Gasteiger partial charge in [-0.2, -0.15) is 0 Å². The highest BCUT2D eigenvalue weighted by Gasteiger charge is 2.32. The van der Waals surface area contributed by atoms with Gasteiger partial charge in [0, 0.05) is 7.11 Å². The number of methoxy groups -OCH3 is 1. The topological polar surface area (TPSA) is 26.3 Å². The lowest BCUT2D eigenvalue weighted by atomic mass is 9.82. The average Bonchev–Trinajstić information content (AvgIpc) is 2.47. The lowest BCUT2D eigenvalue weighted by Gasteiger charge is -2.28. The van der Waals surface area contributed by atoms with Crippen LogP contribution in [0.4, 0.5) is 8.78 Å². The second-order valence-corrected chi connectivity index (χ2v) is 5.48. The van der Waals surface area contributed by atoms with Crippen molar-refractivity contribution in [2.75, 3.05) is 7.11 Å². The fourth-order valence-corrected chi connectivity index (χ4v) is 2.94. The minimum Gasteiger partial charge on any atom is -0.373 e. The summed E-state index contributed by atoms with van der Waals surface area (Å²) in [5, 5.41) is 0. The van der Waals surface area contributed by atoms with Crippen LogP contribution >= 0.6 is 0 Å². The van der Waals surface area contributed by atoms with E-state index in [1.165, 1.54) is 26.2 Å². The fraction of sp³-hybridized carbons (Fsp3) is 0.562. The molecule has 0 heterocycles. The maximum absolute atomic E-state index is 13.9. The van der Waals surface area contributed by atoms with E-state index in [-0.39, 0.29) is 17.0 Å². The Morgan fingerprint density at radius 2 is 1.85 bits per heavy atom. The molecule has 1 saturated carbocycles. The molecule has 2 nitrogen and oxygen atoms in total. The van der Waals surface area contributed by atoms with E-state index in [0.717, 1.165) is 32.1 Å². The first-order chi connectivity index (χ1) is 9.56. The summed E-state index contributed by atoms with van der Waals surface area (Å²) < 4.78 is 32.8. The molecule has 110 valence electrons. The third kappa shape index (κ3) is 2.90. The molecule has 1 fully saturated rings. The van der Waals surface area contributed by atoms with Gasteiger partial charge in [0.1, 0.15) is 6.10 Å². The molecule has 0 spiro atoms. The lowest BCUT2D eigenvalue weighted by Crippen LogP contribution is -2.33. The van der Waals surface area contributed by atoms with Crippen LogP contribution in [-0.2, 0) is 4.74 Å². The molecule has 4 heteroatoms. The number of carbonyl (C=O) groups excluding carboxylic acids is 1. The number of aryl methyl sites for hydroxylation is 1. The van der Waals surface area contributed by atoms with E-state index in [9.17, 15) is 13.6 Å². The van der Waals surface area contributed by atoms with Gasteiger partial charge >= 0.3 is 0 Å². The Kier molecular flexibility index (Phi) is 4.86. The highest BCUT2D eigenvalue weighted by atomic mass is 19.2. The Labute approximate surface area is 118 Å². The maximum Gasteiger partial charge on any atom is 0.194 e. The van der Waals surface area contributed by atoms with Gasteiger partial charge in [0.15, 0.2) is 17.4 Å². The summed E-state index contributed by atoms with van der Waals surface area (Å²) >= 11 is 0. The summed E-state index contributed by atoms with van der Waals surface area (Å²) in [6.07, 6.45) is 4.41. The Hall–Kier alpha value is -1.29. The molecule has 0 saturated heterocycles. The summed E-state index contributed by atoms with van der Waals surface area (Å²) in [5.41, 5.74) is -0.00351. The van der Waals surface area contributed by atoms with Gasteiger partial charge in [-0.3, -0.25) is 4.79 Å². The van der Waals surface area contributed by atoms with Crippen LogP contribution in [0.25, 0.3) is 0 Å². The van der Waals surface area contributed by atoms with Gasteiger partial charge in [-0.1, -0.05) is 25.3 Å². The van der Waals surface area contributed by atoms with E-state index >= 15 is 0 Å². The Morgan fingerprint density at radius 3 is 2.45 bits per heavy atom. The number of carbonyl (C=O) groups is 1. The molecule has 0 radical (unpaired) electrons. The van der Waals surface area contributed by atoms with Crippen molar-refractivity contribution in [3.63, 3.8) is 0 Å². The predicted octanol–water partition coefficient (Wildman–Crippen LogP) is 4.05. The quantitative estimate of drug-likeness (QED) is 0.779. The summed E-state index contributed by atoms with van der Waals surface area (Å²) in [4.78, 5) is 12.4. The number of rotatable bonds is 4. The highest BCUT2D eigenvalue weighted by Crippen LogP contribution is 2.30. The second-order valence-electron chi connectivity index (χ2n) is 5.48. The van der Waals surface area contributed by atoms with Gasteiger partial charge in [0.05, 0.1) is 5.56 Å².